The normalized spacial score (nSPS) is 11.9. The minimum Gasteiger partial charge on any atom is -0.398 e. The second-order valence-electron chi connectivity index (χ2n) is 4.78. The molecule has 0 saturated heterocycles. The van der Waals surface area contributed by atoms with E-state index < -0.39 is 6.10 Å². The van der Waals surface area contributed by atoms with Crippen LogP contribution in [0.1, 0.15) is 34.5 Å². The van der Waals surface area contributed by atoms with Gasteiger partial charge in [0.1, 0.15) is 0 Å². The highest BCUT2D eigenvalue weighted by molar-refractivity contribution is 6.06. The van der Waals surface area contributed by atoms with Crippen molar-refractivity contribution >= 4 is 17.3 Å². The van der Waals surface area contributed by atoms with Crippen molar-refractivity contribution in [3.63, 3.8) is 0 Å². The number of aliphatic hydroxyl groups excluding tert-OH is 1. The van der Waals surface area contributed by atoms with Crippen molar-refractivity contribution in [2.45, 2.75) is 20.0 Å². The second kappa shape index (κ2) is 5.75. The van der Waals surface area contributed by atoms with Crippen LogP contribution in [0.2, 0.25) is 0 Å². The van der Waals surface area contributed by atoms with Crippen LogP contribution in [0.5, 0.6) is 0 Å². The third-order valence-corrected chi connectivity index (χ3v) is 3.25. The van der Waals surface area contributed by atoms with Crippen LogP contribution >= 0.6 is 0 Å². The van der Waals surface area contributed by atoms with Gasteiger partial charge in [-0.05, 0) is 49.2 Å². The first-order valence-electron chi connectivity index (χ1n) is 6.43. The first kappa shape index (κ1) is 14.1. The van der Waals surface area contributed by atoms with Gasteiger partial charge in [0, 0.05) is 16.9 Å². The van der Waals surface area contributed by atoms with Crippen LogP contribution in [0.3, 0.4) is 0 Å². The molecule has 1 atom stereocenters. The summed E-state index contributed by atoms with van der Waals surface area (Å²) in [6.45, 7) is 3.50. The SMILES string of the molecule is Cc1c(N)cccc1C(=O)Nc1cccc(C(C)O)c1. The Balaban J connectivity index is 2.24. The number of anilines is 2. The van der Waals surface area contributed by atoms with Gasteiger partial charge in [-0.2, -0.15) is 0 Å². The molecular weight excluding hydrogens is 252 g/mol. The summed E-state index contributed by atoms with van der Waals surface area (Å²) in [6, 6.07) is 12.4. The van der Waals surface area contributed by atoms with E-state index in [0.717, 1.165) is 11.1 Å². The molecule has 2 rings (SSSR count). The lowest BCUT2D eigenvalue weighted by molar-refractivity contribution is 0.102. The first-order valence-corrected chi connectivity index (χ1v) is 6.43. The number of benzene rings is 2. The molecule has 4 nitrogen and oxygen atoms in total. The van der Waals surface area contributed by atoms with Crippen LogP contribution in [0.4, 0.5) is 11.4 Å². The molecule has 0 saturated carbocycles. The van der Waals surface area contributed by atoms with Gasteiger partial charge in [0.2, 0.25) is 0 Å². The van der Waals surface area contributed by atoms with Crippen molar-refractivity contribution in [1.29, 1.82) is 0 Å². The van der Waals surface area contributed by atoms with Crippen molar-refractivity contribution in [3.8, 4) is 0 Å². The van der Waals surface area contributed by atoms with E-state index in [9.17, 15) is 9.90 Å². The summed E-state index contributed by atoms with van der Waals surface area (Å²) in [5.74, 6) is -0.211. The maximum absolute atomic E-state index is 12.2. The first-order chi connectivity index (χ1) is 9.49. The van der Waals surface area contributed by atoms with Gasteiger partial charge in [0.25, 0.3) is 5.91 Å². The zero-order valence-corrected chi connectivity index (χ0v) is 11.6. The smallest absolute Gasteiger partial charge is 0.256 e. The number of hydrogen-bond acceptors (Lipinski definition) is 3. The van der Waals surface area contributed by atoms with Gasteiger partial charge < -0.3 is 16.2 Å². The molecule has 0 heterocycles. The molecule has 2 aromatic rings. The van der Waals surface area contributed by atoms with Crippen molar-refractivity contribution in [1.82, 2.24) is 0 Å². The standard InChI is InChI=1S/C16H18N2O2/c1-10-14(7-4-8-15(10)17)16(20)18-13-6-3-5-12(9-13)11(2)19/h3-9,11,19H,17H2,1-2H3,(H,18,20). The molecule has 0 aliphatic heterocycles. The highest BCUT2D eigenvalue weighted by atomic mass is 16.3. The van der Waals surface area contributed by atoms with Crippen LogP contribution in [-0.2, 0) is 0 Å². The molecule has 0 aromatic heterocycles. The van der Waals surface area contributed by atoms with Gasteiger partial charge in [-0.15, -0.1) is 0 Å². The molecule has 1 amide bonds. The monoisotopic (exact) mass is 270 g/mol. The summed E-state index contributed by atoms with van der Waals surface area (Å²) in [7, 11) is 0. The Labute approximate surface area is 118 Å². The highest BCUT2D eigenvalue weighted by Crippen LogP contribution is 2.20. The number of nitrogen functional groups attached to an aromatic ring is 1. The van der Waals surface area contributed by atoms with Crippen LogP contribution in [0.25, 0.3) is 0 Å². The fraction of sp³-hybridized carbons (Fsp3) is 0.188. The number of amides is 1. The molecule has 0 aliphatic rings. The molecule has 4 N–H and O–H groups in total. The van der Waals surface area contributed by atoms with Crippen LogP contribution in [0.15, 0.2) is 42.5 Å². The van der Waals surface area contributed by atoms with Crippen molar-refractivity contribution in [2.24, 2.45) is 0 Å². The zero-order valence-electron chi connectivity index (χ0n) is 11.6. The highest BCUT2D eigenvalue weighted by Gasteiger charge is 2.11. The van der Waals surface area contributed by atoms with Crippen molar-refractivity contribution in [2.75, 3.05) is 11.1 Å². The molecule has 4 heteroatoms. The Morgan fingerprint density at radius 2 is 1.95 bits per heavy atom. The van der Waals surface area contributed by atoms with Crippen molar-refractivity contribution < 1.29 is 9.90 Å². The number of aliphatic hydroxyl groups is 1. The lowest BCUT2D eigenvalue weighted by Crippen LogP contribution is -2.14. The van der Waals surface area contributed by atoms with E-state index in [4.69, 9.17) is 5.73 Å². The van der Waals surface area contributed by atoms with E-state index in [1.807, 2.05) is 13.0 Å². The maximum atomic E-state index is 12.2. The predicted octanol–water partition coefficient (Wildman–Crippen LogP) is 2.88. The summed E-state index contributed by atoms with van der Waals surface area (Å²) in [5, 5.41) is 12.4. The summed E-state index contributed by atoms with van der Waals surface area (Å²) in [6.07, 6.45) is -0.569. The Bertz CT molecular complexity index is 636. The lowest BCUT2D eigenvalue weighted by atomic mass is 10.1. The molecule has 0 bridgehead atoms. The van der Waals surface area contributed by atoms with Gasteiger partial charge in [-0.25, -0.2) is 0 Å². The number of nitrogens with one attached hydrogen (secondary N) is 1. The van der Waals surface area contributed by atoms with Gasteiger partial charge in [0.15, 0.2) is 0 Å². The Hall–Kier alpha value is -2.33. The molecule has 2 aromatic carbocycles. The van der Waals surface area contributed by atoms with Crippen LogP contribution in [0, 0.1) is 6.92 Å². The van der Waals surface area contributed by atoms with E-state index in [1.54, 1.807) is 43.3 Å². The van der Waals surface area contributed by atoms with Gasteiger partial charge in [0.05, 0.1) is 6.10 Å². The molecule has 0 spiro atoms. The maximum Gasteiger partial charge on any atom is 0.256 e. The Morgan fingerprint density at radius 1 is 1.25 bits per heavy atom. The average Bonchev–Trinajstić information content (AvgIpc) is 2.42. The Morgan fingerprint density at radius 3 is 2.65 bits per heavy atom. The van der Waals surface area contributed by atoms with Crippen LogP contribution < -0.4 is 11.1 Å². The number of rotatable bonds is 3. The molecule has 0 fully saturated rings. The number of hydrogen-bond donors (Lipinski definition) is 3. The molecule has 0 aliphatic carbocycles. The third-order valence-electron chi connectivity index (χ3n) is 3.25. The minimum atomic E-state index is -0.569. The van der Waals surface area contributed by atoms with E-state index >= 15 is 0 Å². The lowest BCUT2D eigenvalue weighted by Gasteiger charge is -2.11. The van der Waals surface area contributed by atoms with Crippen molar-refractivity contribution in [3.05, 3.63) is 59.2 Å². The van der Waals surface area contributed by atoms with Gasteiger partial charge in [-0.1, -0.05) is 18.2 Å². The topological polar surface area (TPSA) is 75.4 Å². The third kappa shape index (κ3) is 2.97. The summed E-state index contributed by atoms with van der Waals surface area (Å²) < 4.78 is 0. The predicted molar refractivity (Wildman–Crippen MR) is 80.6 cm³/mol. The number of nitrogens with two attached hydrogens (primary N) is 1. The summed E-state index contributed by atoms with van der Waals surface area (Å²) in [5.41, 5.74) is 9.11. The molecule has 0 radical (unpaired) electrons. The minimum absolute atomic E-state index is 0.211. The quantitative estimate of drug-likeness (QED) is 0.751. The molecule has 104 valence electrons. The summed E-state index contributed by atoms with van der Waals surface area (Å²) >= 11 is 0. The van der Waals surface area contributed by atoms with E-state index in [-0.39, 0.29) is 5.91 Å². The van der Waals surface area contributed by atoms with Gasteiger partial charge in [-0.3, -0.25) is 4.79 Å². The number of carbonyl (C=O) groups excluding carboxylic acids is 1. The van der Waals surface area contributed by atoms with E-state index in [2.05, 4.69) is 5.32 Å². The molecule has 20 heavy (non-hydrogen) atoms. The average molecular weight is 270 g/mol. The second-order valence-corrected chi connectivity index (χ2v) is 4.78. The largest absolute Gasteiger partial charge is 0.398 e. The fourth-order valence-corrected chi connectivity index (χ4v) is 1.97. The summed E-state index contributed by atoms with van der Waals surface area (Å²) in [4.78, 5) is 12.2. The fourth-order valence-electron chi connectivity index (χ4n) is 1.97. The molecular formula is C16H18N2O2. The van der Waals surface area contributed by atoms with E-state index in [0.29, 0.717) is 16.9 Å². The number of carbonyl (C=O) groups is 1. The van der Waals surface area contributed by atoms with Crippen LogP contribution in [-0.4, -0.2) is 11.0 Å². The zero-order chi connectivity index (χ0) is 14.7. The van der Waals surface area contributed by atoms with Gasteiger partial charge >= 0.3 is 0 Å². The molecule has 1 unspecified atom stereocenters. The Kier molecular flexibility index (Phi) is 4.05. The van der Waals surface area contributed by atoms with E-state index in [1.165, 1.54) is 0 Å².